The van der Waals surface area contributed by atoms with Gasteiger partial charge in [-0.1, -0.05) is 38.5 Å². The molecule has 0 aliphatic carbocycles. The number of aliphatic hydroxyl groups excluding tert-OH is 1. The topological polar surface area (TPSA) is 105 Å². The molecule has 10 heteroatoms. The Hall–Kier alpha value is -2.14. The highest BCUT2D eigenvalue weighted by Crippen LogP contribution is 2.37. The van der Waals surface area contributed by atoms with E-state index < -0.39 is 18.9 Å². The molecule has 8 nitrogen and oxygen atoms in total. The normalized spacial score (nSPS) is 19.6. The van der Waals surface area contributed by atoms with Crippen molar-refractivity contribution < 1.29 is 9.53 Å². The van der Waals surface area contributed by atoms with Gasteiger partial charge in [0, 0.05) is 6.20 Å². The second-order valence-electron chi connectivity index (χ2n) is 9.81. The number of rotatable bonds is 12. The third-order valence-corrected chi connectivity index (χ3v) is 13.1. The van der Waals surface area contributed by atoms with Crippen molar-refractivity contribution in [2.75, 3.05) is 12.9 Å². The fraction of sp³-hybridized carbons (Fsp3) is 0.577. The number of pyridine rings is 1. The molecule has 3 N–H and O–H groups in total. The highest BCUT2D eigenvalue weighted by molar-refractivity contribution is 7.99. The van der Waals surface area contributed by atoms with Gasteiger partial charge in [0.05, 0.1) is 17.9 Å². The summed E-state index contributed by atoms with van der Waals surface area (Å²) in [6.07, 6.45) is 7.29. The van der Waals surface area contributed by atoms with Gasteiger partial charge in [0.15, 0.2) is 24.6 Å². The Balaban J connectivity index is 2.12. The van der Waals surface area contributed by atoms with Crippen molar-refractivity contribution in [2.45, 2.75) is 83.1 Å². The molecule has 1 aliphatic heterocycles. The molecular weight excluding hydrogens is 490 g/mol. The molecule has 0 amide bonds. The molecule has 198 valence electrons. The minimum Gasteiger partial charge on any atom is -0.406 e. The van der Waals surface area contributed by atoms with E-state index in [1.807, 2.05) is 38.3 Å². The third kappa shape index (κ3) is 5.87. The first-order valence-corrected chi connectivity index (χ1v) is 16.5. The average molecular weight is 532 g/mol. The Morgan fingerprint density at radius 2 is 2.00 bits per heavy atom. The van der Waals surface area contributed by atoms with Gasteiger partial charge in [0.25, 0.3) is 5.56 Å². The molecular formula is C26H41N5O3SSi. The molecule has 0 aromatic carbocycles. The molecule has 2 atom stereocenters. The van der Waals surface area contributed by atoms with E-state index in [9.17, 15) is 9.90 Å². The summed E-state index contributed by atoms with van der Waals surface area (Å²) in [4.78, 5) is 22.0. The Labute approximate surface area is 219 Å². The molecule has 0 spiro atoms. The lowest BCUT2D eigenvalue weighted by atomic mass is 9.95. The lowest BCUT2D eigenvalue weighted by molar-refractivity contribution is 0.0598. The molecule has 0 saturated heterocycles. The van der Waals surface area contributed by atoms with Gasteiger partial charge in [-0.3, -0.25) is 9.89 Å². The Morgan fingerprint density at radius 1 is 1.31 bits per heavy atom. The van der Waals surface area contributed by atoms with Crippen LogP contribution < -0.4 is 21.6 Å². The molecule has 0 bridgehead atoms. The number of aromatic nitrogens is 3. The Bertz CT molecular complexity index is 1260. The van der Waals surface area contributed by atoms with Crippen molar-refractivity contribution in [3.63, 3.8) is 0 Å². The first-order valence-electron chi connectivity index (χ1n) is 12.8. The Morgan fingerprint density at radius 3 is 2.61 bits per heavy atom. The summed E-state index contributed by atoms with van der Waals surface area (Å²) in [7, 11) is -1.97. The number of allylic oxidation sites excluding steroid dienone is 1. The lowest BCUT2D eigenvalue weighted by Gasteiger charge is -2.40. The van der Waals surface area contributed by atoms with Crippen LogP contribution in [0.25, 0.3) is 12.0 Å². The molecule has 2 aromatic heterocycles. The van der Waals surface area contributed by atoms with Gasteiger partial charge in [-0.05, 0) is 70.1 Å². The van der Waals surface area contributed by atoms with Crippen LogP contribution in [0.4, 0.5) is 0 Å². The summed E-state index contributed by atoms with van der Waals surface area (Å²) >= 11 is 1.56. The fourth-order valence-corrected chi connectivity index (χ4v) is 8.01. The molecule has 0 radical (unpaired) electrons. The van der Waals surface area contributed by atoms with Crippen molar-refractivity contribution >= 4 is 26.3 Å². The lowest BCUT2D eigenvalue weighted by Crippen LogP contribution is -2.49. The quantitative estimate of drug-likeness (QED) is 0.286. The molecule has 36 heavy (non-hydrogen) atoms. The van der Waals surface area contributed by atoms with Crippen molar-refractivity contribution in [3.05, 3.63) is 56.6 Å². The predicted octanol–water partition coefficient (Wildman–Crippen LogP) is 3.51. The van der Waals surface area contributed by atoms with E-state index in [0.29, 0.717) is 16.5 Å². The van der Waals surface area contributed by atoms with Crippen LogP contribution >= 0.6 is 11.8 Å². The van der Waals surface area contributed by atoms with Crippen LogP contribution in [-0.2, 0) is 10.0 Å². The number of hydrogen-bond acceptors (Lipinski definition) is 7. The number of H-pyrrole nitrogens is 1. The molecule has 2 aromatic rings. The van der Waals surface area contributed by atoms with Crippen LogP contribution in [0.5, 0.6) is 0 Å². The number of fused-ring (bicyclic) bond motifs is 1. The number of nitrogens with one attached hydrogen (secondary N) is 2. The van der Waals surface area contributed by atoms with E-state index in [-0.39, 0.29) is 12.2 Å². The van der Waals surface area contributed by atoms with Gasteiger partial charge in [-0.15, -0.1) is 11.8 Å². The van der Waals surface area contributed by atoms with Crippen molar-refractivity contribution in [1.29, 1.82) is 0 Å². The third-order valence-electron chi connectivity index (χ3n) is 7.36. The van der Waals surface area contributed by atoms with E-state index in [1.54, 1.807) is 22.6 Å². The SMILES string of the molecule is CC[Si](CC)(CC)OC(C)(CC/C=C(/C)CO)c1cccc(-n2[nH]c(=O)c3c2=NC(C)(SC)NC=3)n1. The van der Waals surface area contributed by atoms with Gasteiger partial charge in [0.1, 0.15) is 5.22 Å². The summed E-state index contributed by atoms with van der Waals surface area (Å²) in [6.45, 7) is 12.8. The zero-order valence-corrected chi connectivity index (χ0v) is 24.5. The number of hydrogen-bond donors (Lipinski definition) is 3. The molecule has 3 rings (SSSR count). The average Bonchev–Trinajstić information content (AvgIpc) is 3.22. The summed E-state index contributed by atoms with van der Waals surface area (Å²) < 4.78 is 8.77. The molecule has 2 unspecified atom stereocenters. The number of aliphatic hydroxyl groups is 1. The summed E-state index contributed by atoms with van der Waals surface area (Å²) in [5.74, 6) is 0.599. The fourth-order valence-electron chi connectivity index (χ4n) is 4.56. The van der Waals surface area contributed by atoms with E-state index in [1.165, 1.54) is 0 Å². The Kier molecular flexibility index (Phi) is 9.08. The van der Waals surface area contributed by atoms with Gasteiger partial charge in [0.2, 0.25) is 0 Å². The number of thioether (sulfide) groups is 1. The number of aromatic amines is 1. The highest BCUT2D eigenvalue weighted by Gasteiger charge is 2.40. The van der Waals surface area contributed by atoms with Gasteiger partial charge >= 0.3 is 0 Å². The van der Waals surface area contributed by atoms with Crippen LogP contribution in [0, 0.1) is 0 Å². The highest BCUT2D eigenvalue weighted by atomic mass is 32.2. The summed E-state index contributed by atoms with van der Waals surface area (Å²) in [6, 6.07) is 8.96. The van der Waals surface area contributed by atoms with Crippen LogP contribution in [0.3, 0.4) is 0 Å². The minimum atomic E-state index is -1.97. The van der Waals surface area contributed by atoms with Crippen molar-refractivity contribution in [2.24, 2.45) is 4.99 Å². The zero-order valence-electron chi connectivity index (χ0n) is 22.6. The smallest absolute Gasteiger partial charge is 0.275 e. The number of nitrogens with zero attached hydrogens (tertiary/aromatic N) is 3. The van der Waals surface area contributed by atoms with Gasteiger partial charge < -0.3 is 14.8 Å². The van der Waals surface area contributed by atoms with E-state index in [0.717, 1.165) is 42.2 Å². The first-order chi connectivity index (χ1) is 17.1. The maximum absolute atomic E-state index is 12.7. The first kappa shape index (κ1) is 28.4. The largest absolute Gasteiger partial charge is 0.406 e. The van der Waals surface area contributed by atoms with E-state index >= 15 is 0 Å². The molecule has 1 aliphatic rings. The summed E-state index contributed by atoms with van der Waals surface area (Å²) in [5, 5.41) is 16.1. The zero-order chi connectivity index (χ0) is 26.6. The summed E-state index contributed by atoms with van der Waals surface area (Å²) in [5.41, 5.74) is 1.51. The van der Waals surface area contributed by atoms with E-state index in [2.05, 4.69) is 44.2 Å². The van der Waals surface area contributed by atoms with Crippen LogP contribution in [-0.4, -0.2) is 46.0 Å². The van der Waals surface area contributed by atoms with Gasteiger partial charge in [-0.2, -0.15) is 0 Å². The maximum atomic E-state index is 12.7. The molecule has 0 fully saturated rings. The van der Waals surface area contributed by atoms with E-state index in [4.69, 9.17) is 14.4 Å². The van der Waals surface area contributed by atoms with Crippen LogP contribution in [0.1, 0.15) is 60.1 Å². The second-order valence-corrected chi connectivity index (χ2v) is 15.7. The second kappa shape index (κ2) is 11.5. The van der Waals surface area contributed by atoms with Crippen molar-refractivity contribution in [3.8, 4) is 5.82 Å². The maximum Gasteiger partial charge on any atom is 0.275 e. The van der Waals surface area contributed by atoms with Crippen LogP contribution in [0.2, 0.25) is 18.1 Å². The van der Waals surface area contributed by atoms with Crippen LogP contribution in [0.15, 0.2) is 39.6 Å². The molecule has 3 heterocycles. The minimum absolute atomic E-state index is 0.0549. The molecule has 0 saturated carbocycles. The predicted molar refractivity (Wildman–Crippen MR) is 150 cm³/mol. The monoisotopic (exact) mass is 531 g/mol. The standard InChI is InChI=1S/C26H41N5O3SSi/c1-8-36(9-2,10-3)34-25(5,16-12-13-19(4)18-32)21-14-11-15-22(28-21)31-23-20(24(33)30-31)17-27-26(6,29-23)35-7/h11,13-15,17,27,32H,8-10,12,16,18H2,1-7H3,(H,30,33)/b19-13-. The van der Waals surface area contributed by atoms with Crippen molar-refractivity contribution in [1.82, 2.24) is 20.1 Å². The van der Waals surface area contributed by atoms with Gasteiger partial charge in [-0.25, -0.2) is 14.7 Å².